The van der Waals surface area contributed by atoms with E-state index in [1.807, 2.05) is 24.3 Å². The minimum atomic E-state index is 0.0474. The summed E-state index contributed by atoms with van der Waals surface area (Å²) in [5.74, 6) is 4.41. The molecule has 0 saturated heterocycles. The van der Waals surface area contributed by atoms with E-state index in [1.165, 1.54) is 103 Å². The lowest BCUT2D eigenvalue weighted by Crippen LogP contribution is -2.42. The zero-order chi connectivity index (χ0) is 37.1. The van der Waals surface area contributed by atoms with Crippen LogP contribution in [-0.2, 0) is 10.8 Å². The number of nitrogens with zero attached hydrogens (tertiary/aromatic N) is 4. The Morgan fingerprint density at radius 2 is 1.07 bits per heavy atom. The van der Waals surface area contributed by atoms with Crippen LogP contribution in [0.5, 0.6) is 0 Å². The van der Waals surface area contributed by atoms with Gasteiger partial charge < -0.3 is 0 Å². The lowest BCUT2D eigenvalue weighted by molar-refractivity contribution is 0.0780. The van der Waals surface area contributed by atoms with E-state index in [2.05, 4.69) is 111 Å². The molecule has 1 heterocycles. The van der Waals surface area contributed by atoms with Crippen molar-refractivity contribution in [3.63, 3.8) is 0 Å². The van der Waals surface area contributed by atoms with Crippen LogP contribution in [0.4, 0.5) is 0 Å². The molecule has 2 unspecified atom stereocenters. The molecule has 4 atom stereocenters. The Morgan fingerprint density at radius 1 is 0.545 bits per heavy atom. The van der Waals surface area contributed by atoms with Crippen LogP contribution in [0.25, 0.3) is 56.4 Å². The molecule has 55 heavy (non-hydrogen) atoms. The van der Waals surface area contributed by atoms with Gasteiger partial charge in [0.1, 0.15) is 0 Å². The smallest absolute Gasteiger partial charge is 0.164 e. The van der Waals surface area contributed by atoms with Crippen molar-refractivity contribution in [3.8, 4) is 62.5 Å². The van der Waals surface area contributed by atoms with Gasteiger partial charge in [-0.2, -0.15) is 5.26 Å². The minimum Gasteiger partial charge on any atom is -0.208 e. The molecule has 0 N–H and O–H groups in total. The highest BCUT2D eigenvalue weighted by Crippen LogP contribution is 2.57. The molecular weight excluding hydrogens is 669 g/mol. The number of fused-ring (bicyclic) bond motifs is 7. The van der Waals surface area contributed by atoms with Gasteiger partial charge in [-0.25, -0.2) is 15.0 Å². The molecule has 4 aliphatic carbocycles. The van der Waals surface area contributed by atoms with Gasteiger partial charge in [-0.15, -0.1) is 0 Å². The fourth-order valence-corrected chi connectivity index (χ4v) is 11.6. The summed E-state index contributed by atoms with van der Waals surface area (Å²) in [7, 11) is 0. The molecule has 0 aliphatic heterocycles. The van der Waals surface area contributed by atoms with Gasteiger partial charge >= 0.3 is 0 Å². The van der Waals surface area contributed by atoms with Crippen LogP contribution in [-0.4, -0.2) is 15.0 Å². The van der Waals surface area contributed by atoms with Gasteiger partial charge in [0, 0.05) is 22.1 Å². The summed E-state index contributed by atoms with van der Waals surface area (Å²) in [6.07, 6.45) is 12.9. The first-order valence-electron chi connectivity index (χ1n) is 20.6. The summed E-state index contributed by atoms with van der Waals surface area (Å²) in [5, 5.41) is 9.47. The standard InChI is InChI=1S/C51H48N4/c1-33-26-36-27-34(2)30-50(29-33,31-36)42-21-18-38(19-22-42)37-14-16-40(17-15-37)48-53-47(39-12-10-35(32-52)11-13-39)54-49(55-48)41-20-23-44-43-8-4-5-9-45(43)51(46(44)28-41)24-6-3-7-25-51/h4-5,8-23,28,33-34,36H,3,6-7,24-27,29-31H2,1-2H3/t33-,34+,36?,50?. The number of aromatic nitrogens is 3. The van der Waals surface area contributed by atoms with E-state index in [0.29, 0.717) is 28.5 Å². The van der Waals surface area contributed by atoms with Gasteiger partial charge in [0.05, 0.1) is 11.6 Å². The third kappa shape index (κ3) is 5.91. The number of hydrogen-bond acceptors (Lipinski definition) is 4. The Kier molecular flexibility index (Phi) is 8.32. The summed E-state index contributed by atoms with van der Waals surface area (Å²) < 4.78 is 0. The Bertz CT molecular complexity index is 2410. The molecule has 5 aromatic carbocycles. The van der Waals surface area contributed by atoms with Crippen LogP contribution in [0.3, 0.4) is 0 Å². The van der Waals surface area contributed by atoms with Gasteiger partial charge in [0.2, 0.25) is 0 Å². The maximum atomic E-state index is 9.47. The van der Waals surface area contributed by atoms with Crippen LogP contribution in [0, 0.1) is 29.1 Å². The SMILES string of the molecule is C[C@@H]1CC2C[C@H](C)CC(c3ccc(-c4ccc(-c5nc(-c6ccc(C#N)cc6)nc(-c6ccc7c(c6)C6(CCCCC6)c6ccccc6-7)n5)cc4)cc3)(C2)C1. The topological polar surface area (TPSA) is 62.5 Å². The Morgan fingerprint density at radius 3 is 1.71 bits per heavy atom. The predicted octanol–water partition coefficient (Wildman–Crippen LogP) is 12.7. The van der Waals surface area contributed by atoms with Gasteiger partial charge in [0.15, 0.2) is 17.5 Å². The molecule has 4 nitrogen and oxygen atoms in total. The Balaban J connectivity index is 1.01. The summed E-state index contributed by atoms with van der Waals surface area (Å²) in [4.78, 5) is 15.3. The van der Waals surface area contributed by atoms with Crippen molar-refractivity contribution in [1.29, 1.82) is 5.26 Å². The zero-order valence-electron chi connectivity index (χ0n) is 32.1. The van der Waals surface area contributed by atoms with E-state index >= 15 is 0 Å². The molecule has 3 fully saturated rings. The third-order valence-corrected chi connectivity index (χ3v) is 13.7. The van der Waals surface area contributed by atoms with Crippen LogP contribution < -0.4 is 0 Å². The summed E-state index contributed by atoms with van der Waals surface area (Å²) in [5.41, 5.74) is 13.4. The summed E-state index contributed by atoms with van der Waals surface area (Å²) in [6.45, 7) is 4.93. The molecule has 10 rings (SSSR count). The largest absolute Gasteiger partial charge is 0.208 e. The number of benzene rings is 5. The van der Waals surface area contributed by atoms with Crippen molar-refractivity contribution in [2.75, 3.05) is 0 Å². The van der Waals surface area contributed by atoms with Gasteiger partial charge in [-0.1, -0.05) is 118 Å². The van der Waals surface area contributed by atoms with Crippen LogP contribution in [0.1, 0.15) is 100 Å². The molecule has 6 aromatic rings. The molecule has 1 spiro atoms. The van der Waals surface area contributed by atoms with E-state index in [1.54, 1.807) is 0 Å². The molecule has 0 radical (unpaired) electrons. The van der Waals surface area contributed by atoms with Crippen LogP contribution in [0.2, 0.25) is 0 Å². The second-order valence-electron chi connectivity index (χ2n) is 17.5. The van der Waals surface area contributed by atoms with E-state index in [0.717, 1.165) is 34.4 Å². The second-order valence-corrected chi connectivity index (χ2v) is 17.5. The summed E-state index contributed by atoms with van der Waals surface area (Å²) >= 11 is 0. The minimum absolute atomic E-state index is 0.0474. The monoisotopic (exact) mass is 716 g/mol. The Labute approximate surface area is 325 Å². The lowest BCUT2D eigenvalue weighted by atomic mass is 9.54. The van der Waals surface area contributed by atoms with E-state index in [-0.39, 0.29) is 5.41 Å². The van der Waals surface area contributed by atoms with Crippen molar-refractivity contribution < 1.29 is 0 Å². The first-order chi connectivity index (χ1) is 26.9. The second kappa shape index (κ2) is 13.4. The first-order valence-corrected chi connectivity index (χ1v) is 20.6. The van der Waals surface area contributed by atoms with Crippen molar-refractivity contribution in [2.24, 2.45) is 17.8 Å². The van der Waals surface area contributed by atoms with Gasteiger partial charge in [-0.05, 0) is 137 Å². The maximum absolute atomic E-state index is 9.47. The highest BCUT2D eigenvalue weighted by Gasteiger charge is 2.45. The Hall–Kier alpha value is -5.40. The van der Waals surface area contributed by atoms with Crippen molar-refractivity contribution in [1.82, 2.24) is 15.0 Å². The molecule has 0 amide bonds. The van der Waals surface area contributed by atoms with Crippen LogP contribution >= 0.6 is 0 Å². The normalized spacial score (nSPS) is 23.5. The number of nitriles is 1. The highest BCUT2D eigenvalue weighted by molar-refractivity contribution is 5.83. The van der Waals surface area contributed by atoms with Gasteiger partial charge in [-0.3, -0.25) is 0 Å². The third-order valence-electron chi connectivity index (χ3n) is 13.7. The number of hydrogen-bond donors (Lipinski definition) is 0. The van der Waals surface area contributed by atoms with E-state index < -0.39 is 0 Å². The molecule has 1 aromatic heterocycles. The number of rotatable bonds is 5. The van der Waals surface area contributed by atoms with Crippen LogP contribution in [0.15, 0.2) is 115 Å². The van der Waals surface area contributed by atoms with E-state index in [9.17, 15) is 5.26 Å². The van der Waals surface area contributed by atoms with Crippen molar-refractivity contribution >= 4 is 0 Å². The lowest BCUT2D eigenvalue weighted by Gasteiger charge is -2.50. The molecule has 4 heteroatoms. The molecular formula is C51H48N4. The fourth-order valence-electron chi connectivity index (χ4n) is 11.6. The molecule has 2 bridgehead atoms. The summed E-state index contributed by atoms with van der Waals surface area (Å²) in [6, 6.07) is 43.9. The van der Waals surface area contributed by atoms with E-state index in [4.69, 9.17) is 15.0 Å². The predicted molar refractivity (Wildman–Crippen MR) is 222 cm³/mol. The molecule has 272 valence electrons. The van der Waals surface area contributed by atoms with Crippen molar-refractivity contribution in [3.05, 3.63) is 138 Å². The van der Waals surface area contributed by atoms with Crippen molar-refractivity contribution in [2.45, 2.75) is 88.9 Å². The molecule has 3 saturated carbocycles. The fraction of sp³-hybridized carbons (Fsp3) is 0.333. The quantitative estimate of drug-likeness (QED) is 0.178. The molecule has 4 aliphatic rings. The highest BCUT2D eigenvalue weighted by atomic mass is 15.0. The zero-order valence-corrected chi connectivity index (χ0v) is 32.1. The maximum Gasteiger partial charge on any atom is 0.164 e. The average Bonchev–Trinajstić information content (AvgIpc) is 3.48. The first kappa shape index (κ1) is 34.1. The average molecular weight is 717 g/mol. The van der Waals surface area contributed by atoms with Gasteiger partial charge in [0.25, 0.3) is 0 Å².